The Hall–Kier alpha value is -1.68. The van der Waals surface area contributed by atoms with Crippen LogP contribution in [-0.4, -0.2) is 22.9 Å². The molecular weight excluding hydrogens is 391 g/mol. The predicted molar refractivity (Wildman–Crippen MR) is 94.1 cm³/mol. The first kappa shape index (κ1) is 19.6. The molecule has 0 spiro atoms. The van der Waals surface area contributed by atoms with Crippen LogP contribution in [0.3, 0.4) is 0 Å². The van der Waals surface area contributed by atoms with Gasteiger partial charge in [-0.05, 0) is 56.3 Å². The highest BCUT2D eigenvalue weighted by Crippen LogP contribution is 2.25. The van der Waals surface area contributed by atoms with Crippen molar-refractivity contribution in [2.24, 2.45) is 0 Å². The van der Waals surface area contributed by atoms with Gasteiger partial charge >= 0.3 is 0 Å². The van der Waals surface area contributed by atoms with E-state index in [-0.39, 0.29) is 26.5 Å². The molecule has 2 aromatic rings. The van der Waals surface area contributed by atoms with Crippen molar-refractivity contribution in [1.82, 2.24) is 4.72 Å². The summed E-state index contributed by atoms with van der Waals surface area (Å²) >= 11 is 5.77. The van der Waals surface area contributed by atoms with Crippen molar-refractivity contribution in [3.8, 4) is 0 Å². The Labute approximate surface area is 151 Å². The molecular formula is C15H16ClFN2O4S2. The highest BCUT2D eigenvalue weighted by molar-refractivity contribution is 7.92. The van der Waals surface area contributed by atoms with Gasteiger partial charge < -0.3 is 0 Å². The summed E-state index contributed by atoms with van der Waals surface area (Å²) < 4.78 is 66.4. The zero-order chi connectivity index (χ0) is 18.8. The lowest BCUT2D eigenvalue weighted by molar-refractivity contribution is 0.570. The van der Waals surface area contributed by atoms with Gasteiger partial charge in [-0.15, -0.1) is 0 Å². The van der Waals surface area contributed by atoms with E-state index >= 15 is 0 Å². The smallest absolute Gasteiger partial charge is 0.263 e. The summed E-state index contributed by atoms with van der Waals surface area (Å²) in [6.07, 6.45) is 0. The maximum atomic E-state index is 13.0. The highest BCUT2D eigenvalue weighted by atomic mass is 35.5. The zero-order valence-electron chi connectivity index (χ0n) is 13.3. The molecule has 0 aromatic heterocycles. The number of rotatable bonds is 6. The molecule has 0 heterocycles. The average molecular weight is 407 g/mol. The molecule has 0 atom stereocenters. The highest BCUT2D eigenvalue weighted by Gasteiger charge is 2.20. The number of benzene rings is 2. The Morgan fingerprint density at radius 2 is 1.56 bits per heavy atom. The van der Waals surface area contributed by atoms with Gasteiger partial charge in [-0.25, -0.2) is 25.9 Å². The fourth-order valence-electron chi connectivity index (χ4n) is 1.98. The van der Waals surface area contributed by atoms with E-state index in [1.807, 2.05) is 0 Å². The van der Waals surface area contributed by atoms with Gasteiger partial charge in [0, 0.05) is 11.7 Å². The molecule has 0 saturated carbocycles. The van der Waals surface area contributed by atoms with E-state index in [1.165, 1.54) is 24.3 Å². The van der Waals surface area contributed by atoms with Crippen molar-refractivity contribution >= 4 is 37.3 Å². The predicted octanol–water partition coefficient (Wildman–Crippen LogP) is 2.97. The Morgan fingerprint density at radius 1 is 0.960 bits per heavy atom. The van der Waals surface area contributed by atoms with Gasteiger partial charge in [0.1, 0.15) is 10.7 Å². The van der Waals surface area contributed by atoms with Gasteiger partial charge in [-0.1, -0.05) is 11.6 Å². The Kier molecular flexibility index (Phi) is 5.72. The van der Waals surface area contributed by atoms with Crippen LogP contribution in [0.25, 0.3) is 0 Å². The molecule has 2 aromatic carbocycles. The summed E-state index contributed by atoms with van der Waals surface area (Å²) in [5.41, 5.74) is 0.142. The van der Waals surface area contributed by atoms with Crippen LogP contribution in [-0.2, 0) is 20.0 Å². The van der Waals surface area contributed by atoms with Crippen molar-refractivity contribution in [3.63, 3.8) is 0 Å². The molecule has 0 radical (unpaired) electrons. The molecule has 0 saturated heterocycles. The third-order valence-electron chi connectivity index (χ3n) is 2.99. The molecule has 0 unspecified atom stereocenters. The number of halogens is 2. The largest absolute Gasteiger partial charge is 0.280 e. The van der Waals surface area contributed by atoms with Crippen LogP contribution in [0, 0.1) is 5.82 Å². The van der Waals surface area contributed by atoms with Gasteiger partial charge in [-0.2, -0.15) is 0 Å². The Bertz CT molecular complexity index is 975. The minimum atomic E-state index is -4.04. The maximum Gasteiger partial charge on any atom is 0.263 e. The standard InChI is InChI=1S/C15H16ClFN2O4S2/c1-10(2)18-24(20,21)13-6-4-12(5-7-13)19-25(22,23)15-8-3-11(17)9-14(15)16/h3-10,18-19H,1-2H3. The van der Waals surface area contributed by atoms with E-state index in [1.54, 1.807) is 13.8 Å². The monoisotopic (exact) mass is 406 g/mol. The molecule has 0 fully saturated rings. The van der Waals surface area contributed by atoms with Gasteiger partial charge in [-0.3, -0.25) is 4.72 Å². The van der Waals surface area contributed by atoms with Crippen LogP contribution in [0.15, 0.2) is 52.3 Å². The first-order chi connectivity index (χ1) is 11.5. The molecule has 0 aliphatic carbocycles. The second kappa shape index (κ2) is 7.28. The van der Waals surface area contributed by atoms with Crippen molar-refractivity contribution < 1.29 is 21.2 Å². The minimum absolute atomic E-state index is 0.00367. The average Bonchev–Trinajstić information content (AvgIpc) is 2.45. The number of hydrogen-bond donors (Lipinski definition) is 2. The quantitative estimate of drug-likeness (QED) is 0.771. The van der Waals surface area contributed by atoms with Crippen molar-refractivity contribution in [2.45, 2.75) is 29.7 Å². The molecule has 0 aliphatic heterocycles. The topological polar surface area (TPSA) is 92.3 Å². The van der Waals surface area contributed by atoms with Gasteiger partial charge in [0.15, 0.2) is 0 Å². The van der Waals surface area contributed by atoms with E-state index in [0.29, 0.717) is 0 Å². The van der Waals surface area contributed by atoms with E-state index in [4.69, 9.17) is 11.6 Å². The maximum absolute atomic E-state index is 13.0. The third kappa shape index (κ3) is 4.91. The van der Waals surface area contributed by atoms with Crippen LogP contribution < -0.4 is 9.44 Å². The summed E-state index contributed by atoms with van der Waals surface area (Å²) in [4.78, 5) is -0.280. The number of nitrogens with one attached hydrogen (secondary N) is 2. The molecule has 10 heteroatoms. The summed E-state index contributed by atoms with van der Waals surface area (Å²) in [5, 5.41) is -0.257. The molecule has 2 rings (SSSR count). The first-order valence-electron chi connectivity index (χ1n) is 7.11. The third-order valence-corrected chi connectivity index (χ3v) is 6.53. The molecule has 0 bridgehead atoms. The van der Waals surface area contributed by atoms with E-state index < -0.39 is 25.9 Å². The van der Waals surface area contributed by atoms with Crippen molar-refractivity contribution in [1.29, 1.82) is 0 Å². The molecule has 0 aliphatic rings. The Balaban J connectivity index is 2.26. The normalized spacial score (nSPS) is 12.4. The fourth-order valence-corrected chi connectivity index (χ4v) is 4.83. The zero-order valence-corrected chi connectivity index (χ0v) is 15.7. The summed E-state index contributed by atoms with van der Waals surface area (Å²) in [7, 11) is -7.72. The summed E-state index contributed by atoms with van der Waals surface area (Å²) in [6, 6.07) is 7.81. The van der Waals surface area contributed by atoms with E-state index in [2.05, 4.69) is 9.44 Å². The molecule has 6 nitrogen and oxygen atoms in total. The lowest BCUT2D eigenvalue weighted by Crippen LogP contribution is -2.30. The van der Waals surface area contributed by atoms with Gasteiger partial charge in [0.05, 0.1) is 9.92 Å². The van der Waals surface area contributed by atoms with Gasteiger partial charge in [0.2, 0.25) is 10.0 Å². The van der Waals surface area contributed by atoms with Crippen LogP contribution >= 0.6 is 11.6 Å². The molecule has 2 N–H and O–H groups in total. The summed E-state index contributed by atoms with van der Waals surface area (Å²) in [5.74, 6) is -0.656. The van der Waals surface area contributed by atoms with Gasteiger partial charge in [0.25, 0.3) is 10.0 Å². The lowest BCUT2D eigenvalue weighted by Gasteiger charge is -2.12. The van der Waals surface area contributed by atoms with Crippen molar-refractivity contribution in [2.75, 3.05) is 4.72 Å². The van der Waals surface area contributed by atoms with E-state index in [0.717, 1.165) is 18.2 Å². The number of sulfonamides is 2. The van der Waals surface area contributed by atoms with Crippen molar-refractivity contribution in [3.05, 3.63) is 53.3 Å². The van der Waals surface area contributed by atoms with Crippen LogP contribution in [0.1, 0.15) is 13.8 Å². The molecule has 136 valence electrons. The Morgan fingerprint density at radius 3 is 2.08 bits per heavy atom. The minimum Gasteiger partial charge on any atom is -0.280 e. The molecule has 25 heavy (non-hydrogen) atoms. The number of hydrogen-bond acceptors (Lipinski definition) is 4. The fraction of sp³-hybridized carbons (Fsp3) is 0.200. The second-order valence-electron chi connectivity index (χ2n) is 5.48. The SMILES string of the molecule is CC(C)NS(=O)(=O)c1ccc(NS(=O)(=O)c2ccc(F)cc2Cl)cc1. The van der Waals surface area contributed by atoms with Crippen LogP contribution in [0.5, 0.6) is 0 Å². The lowest BCUT2D eigenvalue weighted by atomic mass is 10.3. The first-order valence-corrected chi connectivity index (χ1v) is 10.5. The van der Waals surface area contributed by atoms with E-state index in [9.17, 15) is 21.2 Å². The van der Waals surface area contributed by atoms with Crippen LogP contribution in [0.4, 0.5) is 10.1 Å². The van der Waals surface area contributed by atoms with Crippen LogP contribution in [0.2, 0.25) is 5.02 Å². The number of anilines is 1. The second-order valence-corrected chi connectivity index (χ2v) is 9.25. The summed E-state index contributed by atoms with van der Waals surface area (Å²) in [6.45, 7) is 3.37. The molecule has 0 amide bonds.